The van der Waals surface area contributed by atoms with Gasteiger partial charge < -0.3 is 10.6 Å². The molecule has 0 unspecified atom stereocenters. The summed E-state index contributed by atoms with van der Waals surface area (Å²) in [5, 5.41) is 6.08. The van der Waals surface area contributed by atoms with Crippen LogP contribution in [0.4, 0.5) is 10.1 Å². The highest BCUT2D eigenvalue weighted by atomic mass is 19.1. The summed E-state index contributed by atoms with van der Waals surface area (Å²) in [6, 6.07) is 18.4. The summed E-state index contributed by atoms with van der Waals surface area (Å²) in [6.07, 6.45) is 2.03. The van der Waals surface area contributed by atoms with E-state index in [0.717, 1.165) is 11.3 Å². The molecule has 0 aliphatic carbocycles. The predicted molar refractivity (Wildman–Crippen MR) is 105 cm³/mol. The number of amides is 1. The smallest absolute Gasteiger partial charge is 0.269 e. The minimum Gasteiger partial charge on any atom is -0.381 e. The fourth-order valence-corrected chi connectivity index (χ4v) is 2.68. The molecule has 1 heterocycles. The molecule has 0 atom stereocenters. The highest BCUT2D eigenvalue weighted by Gasteiger charge is 2.08. The van der Waals surface area contributed by atoms with E-state index >= 15 is 0 Å². The van der Waals surface area contributed by atoms with Gasteiger partial charge in [0.05, 0.1) is 0 Å². The molecule has 0 spiro atoms. The third-order valence-corrected chi connectivity index (χ3v) is 4.25. The minimum atomic E-state index is -0.273. The molecule has 27 heavy (non-hydrogen) atoms. The summed E-state index contributed by atoms with van der Waals surface area (Å²) in [4.78, 5) is 16.4. The molecule has 138 valence electrons. The standard InChI is InChI=1S/C22H22FN3O/c1-16-6-8-17(9-7-16)15-26-19-11-13-24-21(14-19)22(27)25-12-10-18-4-2-3-5-20(18)23/h2-9,11,13-14H,10,12,15H2,1H3,(H,24,26)(H,25,27). The molecule has 3 rings (SSSR count). The van der Waals surface area contributed by atoms with E-state index in [9.17, 15) is 9.18 Å². The zero-order valence-corrected chi connectivity index (χ0v) is 15.2. The van der Waals surface area contributed by atoms with E-state index in [4.69, 9.17) is 0 Å². The van der Waals surface area contributed by atoms with Gasteiger partial charge in [0.2, 0.25) is 0 Å². The number of nitrogens with one attached hydrogen (secondary N) is 2. The van der Waals surface area contributed by atoms with Gasteiger partial charge in [-0.1, -0.05) is 48.0 Å². The lowest BCUT2D eigenvalue weighted by Gasteiger charge is -2.09. The maximum atomic E-state index is 13.6. The van der Waals surface area contributed by atoms with Crippen LogP contribution in [0.2, 0.25) is 0 Å². The first kappa shape index (κ1) is 18.6. The summed E-state index contributed by atoms with van der Waals surface area (Å²) < 4.78 is 13.6. The lowest BCUT2D eigenvalue weighted by atomic mass is 10.1. The number of carbonyl (C=O) groups excluding carboxylic acids is 1. The molecular weight excluding hydrogens is 341 g/mol. The van der Waals surface area contributed by atoms with Crippen LogP contribution in [0.3, 0.4) is 0 Å². The van der Waals surface area contributed by atoms with E-state index in [-0.39, 0.29) is 11.7 Å². The SMILES string of the molecule is Cc1ccc(CNc2ccnc(C(=O)NCCc3ccccc3F)c2)cc1. The number of carbonyl (C=O) groups is 1. The second-order valence-electron chi connectivity index (χ2n) is 6.37. The van der Waals surface area contributed by atoms with E-state index in [1.54, 1.807) is 30.5 Å². The van der Waals surface area contributed by atoms with Gasteiger partial charge in [0.25, 0.3) is 5.91 Å². The number of aromatic nitrogens is 1. The van der Waals surface area contributed by atoms with Crippen LogP contribution < -0.4 is 10.6 Å². The molecule has 4 nitrogen and oxygen atoms in total. The molecule has 5 heteroatoms. The van der Waals surface area contributed by atoms with E-state index in [1.165, 1.54) is 11.6 Å². The molecule has 0 saturated heterocycles. The van der Waals surface area contributed by atoms with Crippen LogP contribution in [0, 0.1) is 12.7 Å². The monoisotopic (exact) mass is 363 g/mol. The summed E-state index contributed by atoms with van der Waals surface area (Å²) >= 11 is 0. The Morgan fingerprint density at radius 2 is 1.85 bits per heavy atom. The Bertz CT molecular complexity index is 909. The Morgan fingerprint density at radius 1 is 1.07 bits per heavy atom. The Hall–Kier alpha value is -3.21. The van der Waals surface area contributed by atoms with Crippen molar-refractivity contribution < 1.29 is 9.18 Å². The molecule has 0 radical (unpaired) electrons. The van der Waals surface area contributed by atoms with Gasteiger partial charge in [-0.3, -0.25) is 9.78 Å². The lowest BCUT2D eigenvalue weighted by molar-refractivity contribution is 0.0949. The van der Waals surface area contributed by atoms with Crippen molar-refractivity contribution >= 4 is 11.6 Å². The number of hydrogen-bond donors (Lipinski definition) is 2. The van der Waals surface area contributed by atoms with Crippen molar-refractivity contribution in [2.45, 2.75) is 19.9 Å². The maximum Gasteiger partial charge on any atom is 0.269 e. The Morgan fingerprint density at radius 3 is 2.63 bits per heavy atom. The van der Waals surface area contributed by atoms with Gasteiger partial charge in [-0.2, -0.15) is 0 Å². The van der Waals surface area contributed by atoms with Crippen molar-refractivity contribution in [1.29, 1.82) is 0 Å². The number of halogens is 1. The number of aryl methyl sites for hydroxylation is 1. The molecule has 0 bridgehead atoms. The van der Waals surface area contributed by atoms with Gasteiger partial charge in [-0.15, -0.1) is 0 Å². The molecular formula is C22H22FN3O. The maximum absolute atomic E-state index is 13.6. The largest absolute Gasteiger partial charge is 0.381 e. The van der Waals surface area contributed by atoms with Crippen LogP contribution in [0.15, 0.2) is 66.9 Å². The molecule has 0 fully saturated rings. The lowest BCUT2D eigenvalue weighted by Crippen LogP contribution is -2.26. The third-order valence-electron chi connectivity index (χ3n) is 4.25. The zero-order valence-electron chi connectivity index (χ0n) is 15.2. The Kier molecular flexibility index (Phi) is 6.15. The molecule has 1 aromatic heterocycles. The number of anilines is 1. The summed E-state index contributed by atoms with van der Waals surface area (Å²) in [6.45, 7) is 3.07. The Labute approximate surface area is 158 Å². The van der Waals surface area contributed by atoms with E-state index in [0.29, 0.717) is 30.8 Å². The zero-order chi connectivity index (χ0) is 19.1. The van der Waals surface area contributed by atoms with Crippen molar-refractivity contribution in [1.82, 2.24) is 10.3 Å². The molecule has 1 amide bonds. The van der Waals surface area contributed by atoms with Gasteiger partial charge in [-0.25, -0.2) is 4.39 Å². The van der Waals surface area contributed by atoms with E-state index < -0.39 is 0 Å². The molecule has 0 aliphatic rings. The topological polar surface area (TPSA) is 54.0 Å². The van der Waals surface area contributed by atoms with Crippen LogP contribution >= 0.6 is 0 Å². The Balaban J connectivity index is 1.53. The molecule has 3 aromatic rings. The summed E-state index contributed by atoms with van der Waals surface area (Å²) in [5.74, 6) is -0.530. The predicted octanol–water partition coefficient (Wildman–Crippen LogP) is 4.11. The van der Waals surface area contributed by atoms with Crippen LogP contribution in [0.25, 0.3) is 0 Å². The normalized spacial score (nSPS) is 10.4. The van der Waals surface area contributed by atoms with Gasteiger partial charge >= 0.3 is 0 Å². The minimum absolute atomic E-state index is 0.257. The second kappa shape index (κ2) is 8.94. The quantitative estimate of drug-likeness (QED) is 0.664. The van der Waals surface area contributed by atoms with Gasteiger partial charge in [-0.05, 0) is 42.7 Å². The van der Waals surface area contributed by atoms with Gasteiger partial charge in [0.1, 0.15) is 11.5 Å². The first-order valence-electron chi connectivity index (χ1n) is 8.89. The first-order chi connectivity index (χ1) is 13.1. The van der Waals surface area contributed by atoms with Crippen molar-refractivity contribution in [2.24, 2.45) is 0 Å². The van der Waals surface area contributed by atoms with Gasteiger partial charge in [0.15, 0.2) is 0 Å². The molecule has 0 aliphatic heterocycles. The van der Waals surface area contributed by atoms with E-state index in [2.05, 4.69) is 46.8 Å². The van der Waals surface area contributed by atoms with Crippen molar-refractivity contribution in [3.05, 3.63) is 95.1 Å². The average Bonchev–Trinajstić information content (AvgIpc) is 2.69. The third kappa shape index (κ3) is 5.38. The molecule has 0 saturated carbocycles. The molecule has 2 N–H and O–H groups in total. The summed E-state index contributed by atoms with van der Waals surface area (Å²) in [5.41, 5.74) is 4.12. The first-order valence-corrected chi connectivity index (χ1v) is 8.89. The average molecular weight is 363 g/mol. The van der Waals surface area contributed by atoms with Crippen LogP contribution in [-0.4, -0.2) is 17.4 Å². The number of pyridine rings is 1. The summed E-state index contributed by atoms with van der Waals surface area (Å²) in [7, 11) is 0. The fraction of sp³-hybridized carbons (Fsp3) is 0.182. The van der Waals surface area contributed by atoms with Crippen LogP contribution in [0.1, 0.15) is 27.2 Å². The van der Waals surface area contributed by atoms with E-state index in [1.807, 2.05) is 6.07 Å². The van der Waals surface area contributed by atoms with Crippen molar-refractivity contribution in [3.63, 3.8) is 0 Å². The number of nitrogens with zero attached hydrogens (tertiary/aromatic N) is 1. The van der Waals surface area contributed by atoms with Crippen molar-refractivity contribution in [2.75, 3.05) is 11.9 Å². The number of hydrogen-bond acceptors (Lipinski definition) is 3. The fourth-order valence-electron chi connectivity index (χ4n) is 2.68. The number of rotatable bonds is 7. The van der Waals surface area contributed by atoms with Crippen LogP contribution in [0.5, 0.6) is 0 Å². The number of benzene rings is 2. The highest BCUT2D eigenvalue weighted by molar-refractivity contribution is 5.93. The molecule has 2 aromatic carbocycles. The van der Waals surface area contributed by atoms with Crippen LogP contribution in [-0.2, 0) is 13.0 Å². The highest BCUT2D eigenvalue weighted by Crippen LogP contribution is 2.11. The van der Waals surface area contributed by atoms with Crippen molar-refractivity contribution in [3.8, 4) is 0 Å². The second-order valence-corrected chi connectivity index (χ2v) is 6.37. The van der Waals surface area contributed by atoms with Gasteiger partial charge in [0, 0.05) is 25.0 Å².